The van der Waals surface area contributed by atoms with Crippen molar-refractivity contribution < 1.29 is 9.26 Å². The van der Waals surface area contributed by atoms with Crippen LogP contribution < -0.4 is 4.78 Å². The number of anilines is 1. The lowest BCUT2D eigenvalue weighted by atomic mass is 10.0. The molecule has 1 aromatic rings. The Balaban J connectivity index is 1.55. The highest BCUT2D eigenvalue weighted by Crippen LogP contribution is 2.67. The minimum Gasteiger partial charge on any atom is -0.376 e. The molecule has 0 radical (unpaired) electrons. The number of hydrazone groups is 1. The Morgan fingerprint density at radius 2 is 1.93 bits per heavy atom. The summed E-state index contributed by atoms with van der Waals surface area (Å²) in [6, 6.07) is 10.3. The van der Waals surface area contributed by atoms with Crippen molar-refractivity contribution in [3.05, 3.63) is 41.3 Å². The van der Waals surface area contributed by atoms with Crippen LogP contribution in [0.2, 0.25) is 0 Å². The molecule has 2 saturated heterocycles. The van der Waals surface area contributed by atoms with E-state index in [0.29, 0.717) is 6.61 Å². The third-order valence-electron chi connectivity index (χ3n) is 6.06. The molecule has 1 aromatic carbocycles. The van der Waals surface area contributed by atoms with Gasteiger partial charge in [0, 0.05) is 25.4 Å². The van der Waals surface area contributed by atoms with Crippen molar-refractivity contribution in [1.82, 2.24) is 4.90 Å². The van der Waals surface area contributed by atoms with Gasteiger partial charge in [-0.1, -0.05) is 18.2 Å². The summed E-state index contributed by atoms with van der Waals surface area (Å²) in [5.41, 5.74) is 3.61. The molecule has 2 atom stereocenters. The monoisotopic (exact) mass is 417 g/mol. The van der Waals surface area contributed by atoms with Gasteiger partial charge >= 0.3 is 0 Å². The quantitative estimate of drug-likeness (QED) is 0.640. The second-order valence-corrected chi connectivity index (χ2v) is 11.6. The van der Waals surface area contributed by atoms with E-state index in [1.165, 1.54) is 23.9 Å². The first kappa shape index (κ1) is 18.8. The number of fused-ring (bicyclic) bond motifs is 1. The summed E-state index contributed by atoms with van der Waals surface area (Å²) in [7, 11) is 0. The van der Waals surface area contributed by atoms with E-state index in [4.69, 9.17) is 26.2 Å². The number of likely N-dealkylation sites (tertiary alicyclic amines) is 1. The fraction of sp³-hybridized carbons (Fsp3) is 0.571. The normalized spacial score (nSPS) is 30.1. The molecule has 150 valence electrons. The molecule has 5 rings (SSSR count). The molecule has 5 nitrogen and oxygen atoms in total. The van der Waals surface area contributed by atoms with Gasteiger partial charge in [-0.3, -0.25) is 0 Å². The summed E-state index contributed by atoms with van der Waals surface area (Å²) in [6.45, 7) is 3.68. The van der Waals surface area contributed by atoms with Crippen molar-refractivity contribution in [3.63, 3.8) is 0 Å². The highest BCUT2D eigenvalue weighted by Gasteiger charge is 2.45. The largest absolute Gasteiger partial charge is 0.376 e. The Kier molecular flexibility index (Phi) is 5.31. The van der Waals surface area contributed by atoms with Crippen molar-refractivity contribution in [1.29, 1.82) is 0 Å². The Morgan fingerprint density at radius 3 is 2.68 bits per heavy atom. The molecule has 3 aliphatic heterocycles. The number of rotatable bonds is 5. The first-order valence-corrected chi connectivity index (χ1v) is 13.2. The van der Waals surface area contributed by atoms with Gasteiger partial charge in [0.05, 0.1) is 29.4 Å². The van der Waals surface area contributed by atoms with E-state index in [0.717, 1.165) is 63.2 Å². The molecule has 0 amide bonds. The smallest absolute Gasteiger partial charge is 0.209 e. The van der Waals surface area contributed by atoms with Gasteiger partial charge in [0.1, 0.15) is 0 Å². The number of para-hydroxylation sites is 1. The molecule has 0 unspecified atom stereocenters. The Bertz CT molecular complexity index is 829. The minimum atomic E-state index is -2.47. The van der Waals surface area contributed by atoms with Gasteiger partial charge < -0.3 is 14.2 Å². The van der Waals surface area contributed by atoms with Crippen molar-refractivity contribution in [3.8, 4) is 0 Å². The molecule has 0 saturated carbocycles. The van der Waals surface area contributed by atoms with E-state index in [9.17, 15) is 0 Å². The number of hydrogen-bond donors (Lipinski definition) is 0. The predicted molar refractivity (Wildman–Crippen MR) is 117 cm³/mol. The van der Waals surface area contributed by atoms with Crippen molar-refractivity contribution in [2.24, 2.45) is 5.10 Å². The first-order chi connectivity index (χ1) is 13.8. The van der Waals surface area contributed by atoms with Gasteiger partial charge in [-0.05, 0) is 68.9 Å². The number of benzene rings is 1. The van der Waals surface area contributed by atoms with E-state index in [1.807, 2.05) is 23.0 Å². The van der Waals surface area contributed by atoms with E-state index < -0.39 is 6.42 Å². The first-order valence-electron chi connectivity index (χ1n) is 10.5. The molecule has 0 bridgehead atoms. The summed E-state index contributed by atoms with van der Waals surface area (Å²) < 4.78 is 14.5. The fourth-order valence-corrected chi connectivity index (χ4v) is 8.39. The van der Waals surface area contributed by atoms with Crippen LogP contribution in [0.5, 0.6) is 0 Å². The summed E-state index contributed by atoms with van der Waals surface area (Å²) in [6.07, 6.45) is 5.65. The van der Waals surface area contributed by atoms with E-state index in [2.05, 4.69) is 17.0 Å². The van der Waals surface area contributed by atoms with Crippen LogP contribution in [0.1, 0.15) is 44.9 Å². The van der Waals surface area contributed by atoms with Gasteiger partial charge in [-0.2, -0.15) is 5.10 Å². The van der Waals surface area contributed by atoms with Gasteiger partial charge in [0.25, 0.3) is 0 Å². The third-order valence-corrected chi connectivity index (χ3v) is 9.78. The summed E-state index contributed by atoms with van der Waals surface area (Å²) in [5, 5.41) is 6.29. The molecule has 7 heteroatoms. The van der Waals surface area contributed by atoms with Crippen molar-refractivity contribution >= 4 is 29.6 Å². The molecule has 3 heterocycles. The molecule has 0 N–H and O–H groups in total. The fourth-order valence-electron chi connectivity index (χ4n) is 4.66. The van der Waals surface area contributed by atoms with Crippen LogP contribution >= 0.6 is 6.42 Å². The molecular formula is C21H28N3O2PS. The second-order valence-electron chi connectivity index (χ2n) is 7.97. The zero-order valence-corrected chi connectivity index (χ0v) is 18.0. The van der Waals surface area contributed by atoms with E-state index >= 15 is 0 Å². The number of ether oxygens (including phenoxy) is 1. The van der Waals surface area contributed by atoms with E-state index in [-0.39, 0.29) is 6.10 Å². The average Bonchev–Trinajstić information content (AvgIpc) is 3.48. The summed E-state index contributed by atoms with van der Waals surface area (Å²) >= 11 is 6.38. The highest BCUT2D eigenvalue weighted by molar-refractivity contribution is 8.15. The summed E-state index contributed by atoms with van der Waals surface area (Å²) in [5.74, 6) is 0. The lowest BCUT2D eigenvalue weighted by Crippen LogP contribution is -2.25. The number of allylic oxidation sites excluding steroid dienone is 2. The SMILES string of the molecule is S=[P@]1(OC[C@@H]2CCCO2)C2=C(N3CCCC3)CCCC2=NN1c1ccccc1. The number of nitrogens with zero attached hydrogens (tertiary/aromatic N) is 3. The van der Waals surface area contributed by atoms with Crippen LogP contribution in [0.25, 0.3) is 0 Å². The summed E-state index contributed by atoms with van der Waals surface area (Å²) in [4.78, 5) is 2.55. The lowest BCUT2D eigenvalue weighted by molar-refractivity contribution is 0.0721. The van der Waals surface area contributed by atoms with Crippen LogP contribution in [0.3, 0.4) is 0 Å². The van der Waals surface area contributed by atoms with Gasteiger partial charge in [-0.15, -0.1) is 0 Å². The van der Waals surface area contributed by atoms with Crippen molar-refractivity contribution in [2.45, 2.75) is 51.0 Å². The van der Waals surface area contributed by atoms with Crippen LogP contribution in [-0.4, -0.2) is 43.0 Å². The van der Waals surface area contributed by atoms with Gasteiger partial charge in [-0.25, -0.2) is 4.78 Å². The number of hydrogen-bond acceptors (Lipinski definition) is 5. The Labute approximate surface area is 172 Å². The molecule has 0 spiro atoms. The zero-order chi connectivity index (χ0) is 19.0. The van der Waals surface area contributed by atoms with Crippen molar-refractivity contribution in [2.75, 3.05) is 31.1 Å². The van der Waals surface area contributed by atoms with Crippen LogP contribution in [0.15, 0.2) is 46.4 Å². The molecule has 2 fully saturated rings. The molecule has 4 aliphatic rings. The average molecular weight is 418 g/mol. The van der Waals surface area contributed by atoms with Crippen LogP contribution in [-0.2, 0) is 21.1 Å². The molecule has 0 aromatic heterocycles. The standard InChI is InChI=1S/C21H28N3O2PS/c28-27(26-16-18-10-7-15-25-18)21-19(22-24(27)17-8-2-1-3-9-17)11-6-12-20(21)23-13-4-5-14-23/h1-3,8-9,18H,4-7,10-16H2/t18-,27+/m0/s1. The van der Waals surface area contributed by atoms with E-state index in [1.54, 1.807) is 0 Å². The Hall–Kier alpha value is -1.20. The van der Waals surface area contributed by atoms with Gasteiger partial charge in [0.2, 0.25) is 6.42 Å². The third kappa shape index (κ3) is 3.35. The molecule has 1 aliphatic carbocycles. The maximum Gasteiger partial charge on any atom is 0.209 e. The van der Waals surface area contributed by atoms with Crippen LogP contribution in [0.4, 0.5) is 5.69 Å². The maximum atomic E-state index is 6.63. The lowest BCUT2D eigenvalue weighted by Gasteiger charge is -2.34. The zero-order valence-electron chi connectivity index (χ0n) is 16.3. The Morgan fingerprint density at radius 1 is 1.11 bits per heavy atom. The second kappa shape index (κ2) is 7.91. The minimum absolute atomic E-state index is 0.168. The predicted octanol–water partition coefficient (Wildman–Crippen LogP) is 4.86. The topological polar surface area (TPSA) is 37.3 Å². The molecule has 28 heavy (non-hydrogen) atoms. The highest BCUT2D eigenvalue weighted by atomic mass is 32.4. The van der Waals surface area contributed by atoms with Gasteiger partial charge in [0.15, 0.2) is 0 Å². The van der Waals surface area contributed by atoms with Crippen LogP contribution in [0, 0.1) is 0 Å². The molecular weight excluding hydrogens is 389 g/mol. The maximum absolute atomic E-state index is 6.63.